The highest BCUT2D eigenvalue weighted by Gasteiger charge is 2.27. The molecule has 2 aliphatic heterocycles. The molecular weight excluding hydrogens is 360 g/mol. The SMILES string of the molecule is Cc1cc2oc(=O)cc(C)c2c(O)c1C1=NN[C@H](c2ccc3c(c2)OCO3)C1. The highest BCUT2D eigenvalue weighted by Crippen LogP contribution is 2.39. The third kappa shape index (κ3) is 2.51. The van der Waals surface area contributed by atoms with E-state index < -0.39 is 5.63 Å². The van der Waals surface area contributed by atoms with Gasteiger partial charge in [-0.2, -0.15) is 5.10 Å². The number of fused-ring (bicyclic) bond motifs is 2. The van der Waals surface area contributed by atoms with Gasteiger partial charge in [-0.05, 0) is 48.7 Å². The van der Waals surface area contributed by atoms with Gasteiger partial charge in [0, 0.05) is 18.1 Å². The molecule has 142 valence electrons. The molecule has 0 radical (unpaired) electrons. The fourth-order valence-electron chi connectivity index (χ4n) is 3.90. The van der Waals surface area contributed by atoms with Crippen LogP contribution in [0.4, 0.5) is 0 Å². The second kappa shape index (κ2) is 6.02. The largest absolute Gasteiger partial charge is 0.506 e. The predicted octanol–water partition coefficient (Wildman–Crippen LogP) is 3.28. The Morgan fingerprint density at radius 2 is 1.93 bits per heavy atom. The van der Waals surface area contributed by atoms with E-state index in [-0.39, 0.29) is 18.6 Å². The number of nitrogens with one attached hydrogen (secondary N) is 1. The number of phenolic OH excluding ortho intramolecular Hbond substituents is 1. The first kappa shape index (κ1) is 16.7. The molecule has 0 unspecified atom stereocenters. The van der Waals surface area contributed by atoms with Crippen molar-refractivity contribution in [1.29, 1.82) is 0 Å². The first-order valence-corrected chi connectivity index (χ1v) is 9.00. The molecule has 1 atom stereocenters. The van der Waals surface area contributed by atoms with Crippen LogP contribution in [0.3, 0.4) is 0 Å². The Bertz CT molecular complexity index is 1210. The summed E-state index contributed by atoms with van der Waals surface area (Å²) in [5.74, 6) is 1.55. The lowest BCUT2D eigenvalue weighted by atomic mass is 9.93. The van der Waals surface area contributed by atoms with Gasteiger partial charge in [-0.15, -0.1) is 0 Å². The number of aryl methyl sites for hydroxylation is 2. The molecule has 0 amide bonds. The molecule has 0 aliphatic carbocycles. The fraction of sp³-hybridized carbons (Fsp3) is 0.238. The number of hydrazone groups is 1. The van der Waals surface area contributed by atoms with Gasteiger partial charge in [-0.25, -0.2) is 4.79 Å². The van der Waals surface area contributed by atoms with Crippen LogP contribution in [0.15, 0.2) is 44.6 Å². The lowest BCUT2D eigenvalue weighted by Crippen LogP contribution is -2.10. The number of hydrogen-bond acceptors (Lipinski definition) is 7. The summed E-state index contributed by atoms with van der Waals surface area (Å²) in [5.41, 5.74) is 7.01. The number of nitrogens with zero attached hydrogens (tertiary/aromatic N) is 1. The van der Waals surface area contributed by atoms with Crippen molar-refractivity contribution in [3.63, 3.8) is 0 Å². The van der Waals surface area contributed by atoms with Crippen molar-refractivity contribution < 1.29 is 19.0 Å². The Kier molecular flexibility index (Phi) is 3.58. The van der Waals surface area contributed by atoms with Gasteiger partial charge in [-0.1, -0.05) is 6.07 Å². The van der Waals surface area contributed by atoms with E-state index in [2.05, 4.69) is 10.5 Å². The van der Waals surface area contributed by atoms with E-state index in [1.54, 1.807) is 13.0 Å². The summed E-state index contributed by atoms with van der Waals surface area (Å²) in [5, 5.41) is 16.0. The Morgan fingerprint density at radius 3 is 2.79 bits per heavy atom. The standard InChI is InChI=1S/C21H18N2O5/c1-10-5-17-20(11(2)6-18(24)28-17)21(25)19(10)14-8-13(22-23-14)12-3-4-15-16(7-12)27-9-26-15/h3-7,13,22,25H,8-9H2,1-2H3/t13-/m0/s1. The number of ether oxygens (including phenoxy) is 2. The zero-order chi connectivity index (χ0) is 19.4. The predicted molar refractivity (Wildman–Crippen MR) is 103 cm³/mol. The summed E-state index contributed by atoms with van der Waals surface area (Å²) in [7, 11) is 0. The van der Waals surface area contributed by atoms with Crippen LogP contribution in [0, 0.1) is 13.8 Å². The third-order valence-electron chi connectivity index (χ3n) is 5.24. The number of hydrogen-bond donors (Lipinski definition) is 2. The molecule has 0 bridgehead atoms. The Morgan fingerprint density at radius 1 is 1.11 bits per heavy atom. The molecule has 0 saturated heterocycles. The maximum absolute atomic E-state index is 11.6. The van der Waals surface area contributed by atoms with Crippen molar-refractivity contribution in [2.75, 3.05) is 6.79 Å². The molecule has 0 saturated carbocycles. The minimum absolute atomic E-state index is 0.0335. The molecular formula is C21H18N2O5. The number of rotatable bonds is 2. The average Bonchev–Trinajstić information content (AvgIpc) is 3.29. The van der Waals surface area contributed by atoms with Crippen molar-refractivity contribution >= 4 is 16.7 Å². The van der Waals surface area contributed by atoms with E-state index in [1.807, 2.05) is 25.1 Å². The van der Waals surface area contributed by atoms with Gasteiger partial charge in [0.2, 0.25) is 6.79 Å². The molecule has 0 fully saturated rings. The smallest absolute Gasteiger partial charge is 0.336 e. The second-order valence-corrected chi connectivity index (χ2v) is 7.10. The maximum Gasteiger partial charge on any atom is 0.336 e. The molecule has 3 heterocycles. The minimum Gasteiger partial charge on any atom is -0.506 e. The summed E-state index contributed by atoms with van der Waals surface area (Å²) < 4.78 is 16.1. The monoisotopic (exact) mass is 378 g/mol. The Balaban J connectivity index is 1.52. The molecule has 2 aliphatic rings. The normalized spacial score (nSPS) is 17.6. The van der Waals surface area contributed by atoms with Crippen LogP contribution >= 0.6 is 0 Å². The molecule has 7 nitrogen and oxygen atoms in total. The quantitative estimate of drug-likeness (QED) is 0.665. The highest BCUT2D eigenvalue weighted by molar-refractivity contribution is 6.09. The lowest BCUT2D eigenvalue weighted by molar-refractivity contribution is 0.174. The van der Waals surface area contributed by atoms with Gasteiger partial charge < -0.3 is 24.4 Å². The van der Waals surface area contributed by atoms with Crippen molar-refractivity contribution in [2.45, 2.75) is 26.3 Å². The maximum atomic E-state index is 11.6. The van der Waals surface area contributed by atoms with Crippen LogP contribution in [-0.4, -0.2) is 17.6 Å². The first-order chi connectivity index (χ1) is 13.5. The summed E-state index contributed by atoms with van der Waals surface area (Å²) in [6.45, 7) is 3.88. The summed E-state index contributed by atoms with van der Waals surface area (Å²) in [4.78, 5) is 11.6. The van der Waals surface area contributed by atoms with Crippen LogP contribution in [0.25, 0.3) is 11.0 Å². The van der Waals surface area contributed by atoms with Crippen molar-refractivity contribution in [3.8, 4) is 17.2 Å². The summed E-state index contributed by atoms with van der Waals surface area (Å²) in [6, 6.07) is 8.94. The number of phenols is 1. The topological polar surface area (TPSA) is 93.3 Å². The first-order valence-electron chi connectivity index (χ1n) is 9.00. The second-order valence-electron chi connectivity index (χ2n) is 7.10. The van der Waals surface area contributed by atoms with Crippen LogP contribution in [0.2, 0.25) is 0 Å². The fourth-order valence-corrected chi connectivity index (χ4v) is 3.90. The van der Waals surface area contributed by atoms with E-state index in [9.17, 15) is 9.90 Å². The van der Waals surface area contributed by atoms with Crippen LogP contribution in [0.5, 0.6) is 17.2 Å². The minimum atomic E-state index is -0.431. The molecule has 3 aromatic rings. The Hall–Kier alpha value is -3.48. The molecule has 0 spiro atoms. The van der Waals surface area contributed by atoms with Crippen LogP contribution < -0.4 is 20.5 Å². The molecule has 2 N–H and O–H groups in total. The summed E-state index contributed by atoms with van der Waals surface area (Å²) in [6.07, 6.45) is 0.607. The van der Waals surface area contributed by atoms with Crippen LogP contribution in [-0.2, 0) is 0 Å². The van der Waals surface area contributed by atoms with E-state index >= 15 is 0 Å². The van der Waals surface area contributed by atoms with Gasteiger partial charge in [0.1, 0.15) is 11.3 Å². The van der Waals surface area contributed by atoms with Crippen molar-refractivity contribution in [2.24, 2.45) is 5.10 Å². The van der Waals surface area contributed by atoms with Crippen molar-refractivity contribution in [1.82, 2.24) is 5.43 Å². The van der Waals surface area contributed by atoms with E-state index in [0.29, 0.717) is 28.5 Å². The average molecular weight is 378 g/mol. The van der Waals surface area contributed by atoms with Crippen LogP contribution in [0.1, 0.15) is 34.7 Å². The summed E-state index contributed by atoms with van der Waals surface area (Å²) >= 11 is 0. The molecule has 2 aromatic carbocycles. The van der Waals surface area contributed by atoms with Gasteiger partial charge in [0.15, 0.2) is 11.5 Å². The third-order valence-corrected chi connectivity index (χ3v) is 5.24. The Labute approximate surface area is 160 Å². The van der Waals surface area contributed by atoms with Crippen molar-refractivity contribution in [3.05, 3.63) is 63.0 Å². The molecule has 28 heavy (non-hydrogen) atoms. The molecule has 1 aromatic heterocycles. The van der Waals surface area contributed by atoms with E-state index in [4.69, 9.17) is 13.9 Å². The van der Waals surface area contributed by atoms with Gasteiger partial charge in [0.05, 0.1) is 17.1 Å². The van der Waals surface area contributed by atoms with Gasteiger partial charge in [0.25, 0.3) is 0 Å². The van der Waals surface area contributed by atoms with E-state index in [1.165, 1.54) is 6.07 Å². The number of aromatic hydroxyl groups is 1. The molecule has 5 rings (SSSR count). The number of benzene rings is 2. The van der Waals surface area contributed by atoms with Gasteiger partial charge >= 0.3 is 5.63 Å². The zero-order valence-electron chi connectivity index (χ0n) is 15.4. The highest BCUT2D eigenvalue weighted by atomic mass is 16.7. The van der Waals surface area contributed by atoms with E-state index in [0.717, 1.165) is 28.3 Å². The van der Waals surface area contributed by atoms with Gasteiger partial charge in [-0.3, -0.25) is 0 Å². The lowest BCUT2D eigenvalue weighted by Gasteiger charge is -2.13. The zero-order valence-corrected chi connectivity index (χ0v) is 15.4. The molecule has 7 heteroatoms.